The van der Waals surface area contributed by atoms with Crippen LogP contribution in [0.25, 0.3) is 11.4 Å². The minimum atomic E-state index is 0.215. The minimum Gasteiger partial charge on any atom is -0.312 e. The largest absolute Gasteiger partial charge is 0.312 e. The molecular formula is C15H16N4O. The molecule has 2 fully saturated rings. The highest BCUT2D eigenvalue weighted by Crippen LogP contribution is 2.38. The van der Waals surface area contributed by atoms with Gasteiger partial charge < -0.3 is 4.90 Å². The zero-order valence-electron chi connectivity index (χ0n) is 11.2. The molecule has 0 radical (unpaired) electrons. The monoisotopic (exact) mass is 268 g/mol. The Balaban J connectivity index is 1.58. The number of carbonyl (C=O) groups excluding carboxylic acids is 1. The van der Waals surface area contributed by atoms with Gasteiger partial charge in [0.2, 0.25) is 5.91 Å². The average Bonchev–Trinajstić information content (AvgIpc) is 3.05. The zero-order chi connectivity index (χ0) is 13.5. The van der Waals surface area contributed by atoms with E-state index in [0.717, 1.165) is 35.9 Å². The summed E-state index contributed by atoms with van der Waals surface area (Å²) in [5.74, 6) is 2.54. The summed E-state index contributed by atoms with van der Waals surface area (Å²) in [6.45, 7) is 0.824. The fraction of sp³-hybridized carbons (Fsp3) is 0.400. The Morgan fingerprint density at radius 3 is 2.65 bits per heavy atom. The lowest BCUT2D eigenvalue weighted by molar-refractivity contribution is -0.117. The zero-order valence-corrected chi connectivity index (χ0v) is 11.2. The topological polar surface area (TPSA) is 61.9 Å². The Morgan fingerprint density at radius 2 is 2.00 bits per heavy atom. The van der Waals surface area contributed by atoms with E-state index in [1.807, 2.05) is 29.2 Å². The number of benzene rings is 1. The predicted molar refractivity (Wildman–Crippen MR) is 75.4 cm³/mol. The molecule has 1 saturated carbocycles. The summed E-state index contributed by atoms with van der Waals surface area (Å²) in [6.07, 6.45) is 4.04. The number of carbonyl (C=O) groups is 1. The number of amides is 1. The molecule has 1 aliphatic heterocycles. The van der Waals surface area contributed by atoms with Crippen molar-refractivity contribution in [3.8, 4) is 11.4 Å². The molecule has 1 aliphatic carbocycles. The van der Waals surface area contributed by atoms with Crippen molar-refractivity contribution < 1.29 is 4.79 Å². The highest BCUT2D eigenvalue weighted by molar-refractivity contribution is 5.95. The fourth-order valence-electron chi connectivity index (χ4n) is 2.65. The summed E-state index contributed by atoms with van der Waals surface area (Å²) in [5.41, 5.74) is 1.96. The van der Waals surface area contributed by atoms with Gasteiger partial charge in [-0.25, -0.2) is 4.98 Å². The van der Waals surface area contributed by atoms with Crippen molar-refractivity contribution in [2.24, 2.45) is 0 Å². The van der Waals surface area contributed by atoms with Crippen LogP contribution in [0.15, 0.2) is 24.3 Å². The maximum absolute atomic E-state index is 11.7. The fourth-order valence-corrected chi connectivity index (χ4v) is 2.65. The number of hydrogen-bond acceptors (Lipinski definition) is 3. The molecule has 5 heteroatoms. The van der Waals surface area contributed by atoms with E-state index in [-0.39, 0.29) is 5.91 Å². The van der Waals surface area contributed by atoms with Crippen LogP contribution < -0.4 is 4.90 Å². The van der Waals surface area contributed by atoms with Crippen LogP contribution >= 0.6 is 0 Å². The van der Waals surface area contributed by atoms with Crippen molar-refractivity contribution in [1.29, 1.82) is 0 Å². The maximum atomic E-state index is 11.7. The van der Waals surface area contributed by atoms with E-state index >= 15 is 0 Å². The van der Waals surface area contributed by atoms with Crippen LogP contribution in [-0.4, -0.2) is 27.6 Å². The molecule has 1 saturated heterocycles. The summed E-state index contributed by atoms with van der Waals surface area (Å²) in [4.78, 5) is 18.1. The van der Waals surface area contributed by atoms with E-state index in [1.54, 1.807) is 0 Å². The Bertz CT molecular complexity index is 642. The first-order valence-electron chi connectivity index (χ1n) is 7.14. The van der Waals surface area contributed by atoms with Gasteiger partial charge in [-0.3, -0.25) is 9.89 Å². The van der Waals surface area contributed by atoms with E-state index in [9.17, 15) is 4.79 Å². The molecule has 0 unspecified atom stereocenters. The Hall–Kier alpha value is -2.17. The van der Waals surface area contributed by atoms with Crippen LogP contribution in [0.5, 0.6) is 0 Å². The van der Waals surface area contributed by atoms with Crippen molar-refractivity contribution in [1.82, 2.24) is 15.2 Å². The molecule has 1 aromatic heterocycles. The standard InChI is InChI=1S/C15H16N4O/c20-13-2-1-9-19(13)12-7-5-11(6-8-12)15-16-14(17-18-15)10-3-4-10/h5-8,10H,1-4,9H2,(H,16,17,18). The number of rotatable bonds is 3. The number of hydrogen-bond donors (Lipinski definition) is 1. The van der Waals surface area contributed by atoms with Gasteiger partial charge in [-0.05, 0) is 43.5 Å². The highest BCUT2D eigenvalue weighted by atomic mass is 16.2. The van der Waals surface area contributed by atoms with Crippen LogP contribution in [0.3, 0.4) is 0 Å². The molecule has 4 rings (SSSR count). The van der Waals surface area contributed by atoms with Crippen LogP contribution in [0.1, 0.15) is 37.4 Å². The first kappa shape index (κ1) is 11.6. The molecule has 2 aliphatic rings. The molecule has 2 aromatic rings. The van der Waals surface area contributed by atoms with Gasteiger partial charge in [-0.15, -0.1) is 0 Å². The predicted octanol–water partition coefficient (Wildman–Crippen LogP) is 2.48. The lowest BCUT2D eigenvalue weighted by atomic mass is 10.2. The first-order valence-corrected chi connectivity index (χ1v) is 7.14. The molecule has 5 nitrogen and oxygen atoms in total. The van der Waals surface area contributed by atoms with Gasteiger partial charge in [0.25, 0.3) is 0 Å². The second-order valence-corrected chi connectivity index (χ2v) is 5.51. The van der Waals surface area contributed by atoms with Crippen LogP contribution in [0.4, 0.5) is 5.69 Å². The summed E-state index contributed by atoms with van der Waals surface area (Å²) in [5, 5.41) is 7.29. The second-order valence-electron chi connectivity index (χ2n) is 5.51. The van der Waals surface area contributed by atoms with E-state index in [2.05, 4.69) is 15.2 Å². The summed E-state index contributed by atoms with van der Waals surface area (Å²) in [6, 6.07) is 7.93. The quantitative estimate of drug-likeness (QED) is 0.930. The molecule has 0 spiro atoms. The number of nitrogens with one attached hydrogen (secondary N) is 1. The molecule has 1 aromatic carbocycles. The molecule has 0 atom stereocenters. The van der Waals surface area contributed by atoms with E-state index < -0.39 is 0 Å². The lowest BCUT2D eigenvalue weighted by Gasteiger charge is -2.15. The number of nitrogens with zero attached hydrogens (tertiary/aromatic N) is 3. The molecule has 1 N–H and O–H groups in total. The molecule has 1 amide bonds. The third-order valence-corrected chi connectivity index (χ3v) is 3.98. The van der Waals surface area contributed by atoms with Crippen molar-refractivity contribution in [3.05, 3.63) is 30.1 Å². The third-order valence-electron chi connectivity index (χ3n) is 3.98. The number of aromatic amines is 1. The molecule has 20 heavy (non-hydrogen) atoms. The SMILES string of the molecule is O=C1CCCN1c1ccc(-c2n[nH]c(C3CC3)n2)cc1. The normalized spacial score (nSPS) is 18.8. The van der Waals surface area contributed by atoms with Crippen molar-refractivity contribution in [2.75, 3.05) is 11.4 Å². The van der Waals surface area contributed by atoms with Gasteiger partial charge in [0.05, 0.1) is 0 Å². The summed E-state index contributed by atoms with van der Waals surface area (Å²) >= 11 is 0. The molecule has 0 bridgehead atoms. The van der Waals surface area contributed by atoms with Gasteiger partial charge in [0.1, 0.15) is 5.82 Å². The van der Waals surface area contributed by atoms with E-state index in [1.165, 1.54) is 12.8 Å². The minimum absolute atomic E-state index is 0.215. The smallest absolute Gasteiger partial charge is 0.227 e. The lowest BCUT2D eigenvalue weighted by Crippen LogP contribution is -2.23. The molecular weight excluding hydrogens is 252 g/mol. The van der Waals surface area contributed by atoms with Crippen molar-refractivity contribution >= 4 is 11.6 Å². The second kappa shape index (κ2) is 4.44. The summed E-state index contributed by atoms with van der Waals surface area (Å²) < 4.78 is 0. The molecule has 2 heterocycles. The number of anilines is 1. The highest BCUT2D eigenvalue weighted by Gasteiger charge is 2.27. The first-order chi connectivity index (χ1) is 9.81. The van der Waals surface area contributed by atoms with E-state index in [0.29, 0.717) is 12.3 Å². The Labute approximate surface area is 117 Å². The number of H-pyrrole nitrogens is 1. The van der Waals surface area contributed by atoms with Crippen molar-refractivity contribution in [3.63, 3.8) is 0 Å². The molecule has 102 valence electrons. The van der Waals surface area contributed by atoms with Crippen LogP contribution in [-0.2, 0) is 4.79 Å². The third kappa shape index (κ3) is 1.99. The van der Waals surface area contributed by atoms with Gasteiger partial charge in [-0.1, -0.05) is 0 Å². The van der Waals surface area contributed by atoms with Gasteiger partial charge in [-0.2, -0.15) is 5.10 Å². The maximum Gasteiger partial charge on any atom is 0.227 e. The van der Waals surface area contributed by atoms with Gasteiger partial charge in [0.15, 0.2) is 5.82 Å². The Morgan fingerprint density at radius 1 is 1.20 bits per heavy atom. The van der Waals surface area contributed by atoms with Crippen LogP contribution in [0.2, 0.25) is 0 Å². The average molecular weight is 268 g/mol. The van der Waals surface area contributed by atoms with Gasteiger partial charge >= 0.3 is 0 Å². The van der Waals surface area contributed by atoms with Crippen molar-refractivity contribution in [2.45, 2.75) is 31.6 Å². The van der Waals surface area contributed by atoms with E-state index in [4.69, 9.17) is 0 Å². The van der Waals surface area contributed by atoms with Gasteiger partial charge in [0, 0.05) is 30.1 Å². The summed E-state index contributed by atoms with van der Waals surface area (Å²) in [7, 11) is 0. The number of aromatic nitrogens is 3. The van der Waals surface area contributed by atoms with Crippen LogP contribution in [0, 0.1) is 0 Å². The Kier molecular flexibility index (Phi) is 2.58.